The first-order valence-electron chi connectivity index (χ1n) is 9.36. The third-order valence-corrected chi connectivity index (χ3v) is 4.95. The quantitative estimate of drug-likeness (QED) is 0.203. The zero-order valence-corrected chi connectivity index (χ0v) is 16.0. The van der Waals surface area contributed by atoms with Crippen molar-refractivity contribution in [2.45, 2.75) is 61.0 Å². The van der Waals surface area contributed by atoms with E-state index < -0.39 is 74.3 Å². The number of ether oxygens (including phenoxy) is 2. The Bertz CT molecular complexity index is 795. The van der Waals surface area contributed by atoms with Crippen LogP contribution in [0.5, 0.6) is 0 Å². The van der Waals surface area contributed by atoms with E-state index in [0.717, 1.165) is 6.26 Å². The molecule has 0 amide bonds. The summed E-state index contributed by atoms with van der Waals surface area (Å²) in [6.07, 6.45) is -12.6. The molecule has 12 nitrogen and oxygen atoms in total. The number of aliphatic hydroxyl groups is 8. The number of hydrogen-bond donors (Lipinski definition) is 8. The molecule has 0 aromatic carbocycles. The summed E-state index contributed by atoms with van der Waals surface area (Å²) in [5.41, 5.74) is 0.0927. The van der Waals surface area contributed by atoms with Crippen LogP contribution in [0.15, 0.2) is 10.7 Å². The van der Waals surface area contributed by atoms with Crippen molar-refractivity contribution in [3.63, 3.8) is 0 Å². The number of hydrogen-bond acceptors (Lipinski definition) is 12. The van der Waals surface area contributed by atoms with E-state index in [1.165, 1.54) is 0 Å². The molecular formula is C19H23NO11. The topological polar surface area (TPSA) is 206 Å². The van der Waals surface area contributed by atoms with Gasteiger partial charge in [-0.05, 0) is 11.8 Å². The normalized spacial score (nSPS) is 40.4. The second-order valence-corrected chi connectivity index (χ2v) is 7.08. The van der Waals surface area contributed by atoms with Gasteiger partial charge >= 0.3 is 0 Å². The first-order valence-corrected chi connectivity index (χ1v) is 9.36. The Hall–Kier alpha value is -2.07. The van der Waals surface area contributed by atoms with Crippen molar-refractivity contribution in [3.05, 3.63) is 17.8 Å². The van der Waals surface area contributed by atoms with E-state index in [0.29, 0.717) is 0 Å². The first-order chi connectivity index (χ1) is 14.8. The molecule has 3 heterocycles. The van der Waals surface area contributed by atoms with E-state index in [4.69, 9.17) is 13.9 Å². The number of nitrogens with zero attached hydrogens (tertiary/aromatic N) is 1. The molecular weight excluding hydrogens is 418 g/mol. The lowest BCUT2D eigenvalue weighted by molar-refractivity contribution is -0.214. The SMILES string of the molecule is OCC1OC(C#Cc2coc(C#CC3OC(CO)C(O)C(O)C3O)n2)C(O)C(O)C1O. The van der Waals surface area contributed by atoms with Gasteiger partial charge in [0.25, 0.3) is 5.89 Å². The summed E-state index contributed by atoms with van der Waals surface area (Å²) in [5, 5.41) is 77.3. The summed E-state index contributed by atoms with van der Waals surface area (Å²) in [5.74, 6) is 9.93. The zero-order valence-electron chi connectivity index (χ0n) is 16.0. The molecule has 0 spiro atoms. The highest BCUT2D eigenvalue weighted by Gasteiger charge is 2.43. The van der Waals surface area contributed by atoms with Crippen molar-refractivity contribution in [3.8, 4) is 23.7 Å². The number of oxazole rings is 1. The van der Waals surface area contributed by atoms with Gasteiger partial charge in [-0.2, -0.15) is 4.98 Å². The van der Waals surface area contributed by atoms with Gasteiger partial charge in [-0.25, -0.2) is 0 Å². The lowest BCUT2D eigenvalue weighted by Crippen LogP contribution is -2.58. The van der Waals surface area contributed by atoms with Crippen molar-refractivity contribution >= 4 is 0 Å². The molecule has 2 aliphatic rings. The summed E-state index contributed by atoms with van der Waals surface area (Å²) >= 11 is 0. The van der Waals surface area contributed by atoms with E-state index in [2.05, 4.69) is 28.7 Å². The van der Waals surface area contributed by atoms with Crippen LogP contribution in [0.3, 0.4) is 0 Å². The van der Waals surface area contributed by atoms with Crippen LogP contribution in [0.4, 0.5) is 0 Å². The maximum absolute atomic E-state index is 9.96. The van der Waals surface area contributed by atoms with E-state index in [1.54, 1.807) is 0 Å². The third kappa shape index (κ3) is 5.06. The fraction of sp³-hybridized carbons (Fsp3) is 0.632. The molecule has 12 heteroatoms. The molecule has 3 rings (SSSR count). The Kier molecular flexibility index (Phi) is 7.64. The molecule has 0 radical (unpaired) electrons. The highest BCUT2D eigenvalue weighted by Crippen LogP contribution is 2.22. The predicted molar refractivity (Wildman–Crippen MR) is 97.8 cm³/mol. The molecule has 0 aliphatic carbocycles. The zero-order chi connectivity index (χ0) is 22.7. The Morgan fingerprint density at radius 2 is 1.19 bits per heavy atom. The van der Waals surface area contributed by atoms with Crippen LogP contribution < -0.4 is 0 Å². The molecule has 2 saturated heterocycles. The number of aromatic nitrogens is 1. The van der Waals surface area contributed by atoms with Gasteiger partial charge in [0.2, 0.25) is 0 Å². The molecule has 2 fully saturated rings. The minimum absolute atomic E-state index is 0.0927. The third-order valence-electron chi connectivity index (χ3n) is 4.95. The molecule has 8 N–H and O–H groups in total. The highest BCUT2D eigenvalue weighted by atomic mass is 16.5. The molecule has 10 atom stereocenters. The maximum atomic E-state index is 9.96. The van der Waals surface area contributed by atoms with Crippen LogP contribution in [-0.4, -0.2) is 120 Å². The van der Waals surface area contributed by atoms with Crippen LogP contribution in [0.2, 0.25) is 0 Å². The van der Waals surface area contributed by atoms with Gasteiger partial charge in [-0.1, -0.05) is 11.8 Å². The van der Waals surface area contributed by atoms with Crippen LogP contribution >= 0.6 is 0 Å². The standard InChI is InChI=1S/C19H23NO11/c21-5-11-16(25)18(27)14(23)9(30-11)2-1-8-7-29-13(20-8)4-3-10-15(24)19(28)17(26)12(6-22)31-10/h7,9-12,14-19,21-28H,5-6H2. The molecule has 31 heavy (non-hydrogen) atoms. The van der Waals surface area contributed by atoms with Crippen molar-refractivity contribution in [2.75, 3.05) is 13.2 Å². The van der Waals surface area contributed by atoms with Crippen molar-refractivity contribution < 1.29 is 54.7 Å². The van der Waals surface area contributed by atoms with Gasteiger partial charge in [0.15, 0.2) is 5.69 Å². The van der Waals surface area contributed by atoms with Crippen molar-refractivity contribution in [2.24, 2.45) is 0 Å². The molecule has 1 aromatic heterocycles. The Morgan fingerprint density at radius 1 is 0.710 bits per heavy atom. The maximum Gasteiger partial charge on any atom is 0.274 e. The van der Waals surface area contributed by atoms with Crippen LogP contribution in [0.25, 0.3) is 0 Å². The summed E-state index contributed by atoms with van der Waals surface area (Å²) < 4.78 is 15.6. The predicted octanol–water partition coefficient (Wildman–Crippen LogP) is -4.94. The lowest BCUT2D eigenvalue weighted by atomic mass is 9.95. The molecule has 0 bridgehead atoms. The monoisotopic (exact) mass is 441 g/mol. The lowest BCUT2D eigenvalue weighted by Gasteiger charge is -2.37. The minimum atomic E-state index is -1.56. The second kappa shape index (κ2) is 10.0. The summed E-state index contributed by atoms with van der Waals surface area (Å²) in [7, 11) is 0. The van der Waals surface area contributed by atoms with E-state index in [-0.39, 0.29) is 11.6 Å². The first kappa shape index (κ1) is 23.6. The van der Waals surface area contributed by atoms with Crippen molar-refractivity contribution in [1.82, 2.24) is 4.98 Å². The number of aliphatic hydroxyl groups excluding tert-OH is 8. The largest absolute Gasteiger partial charge is 0.437 e. The van der Waals surface area contributed by atoms with E-state index in [9.17, 15) is 40.9 Å². The fourth-order valence-corrected chi connectivity index (χ4v) is 3.11. The molecule has 1 aromatic rings. The van der Waals surface area contributed by atoms with Gasteiger partial charge < -0.3 is 54.7 Å². The van der Waals surface area contributed by atoms with Gasteiger partial charge in [0.05, 0.1) is 13.2 Å². The Morgan fingerprint density at radius 3 is 1.68 bits per heavy atom. The van der Waals surface area contributed by atoms with E-state index >= 15 is 0 Å². The Balaban J connectivity index is 1.69. The molecule has 2 aliphatic heterocycles. The van der Waals surface area contributed by atoms with Crippen LogP contribution in [-0.2, 0) is 9.47 Å². The number of rotatable bonds is 2. The van der Waals surface area contributed by atoms with Crippen LogP contribution in [0.1, 0.15) is 11.6 Å². The second-order valence-electron chi connectivity index (χ2n) is 7.08. The molecule has 170 valence electrons. The van der Waals surface area contributed by atoms with Gasteiger partial charge in [0.1, 0.15) is 67.3 Å². The van der Waals surface area contributed by atoms with Gasteiger partial charge in [-0.15, -0.1) is 0 Å². The smallest absolute Gasteiger partial charge is 0.274 e. The highest BCUT2D eigenvalue weighted by molar-refractivity contribution is 5.31. The average molecular weight is 441 g/mol. The molecule has 0 saturated carbocycles. The van der Waals surface area contributed by atoms with Crippen molar-refractivity contribution in [1.29, 1.82) is 0 Å². The fourth-order valence-electron chi connectivity index (χ4n) is 3.11. The Labute approximate surface area is 176 Å². The summed E-state index contributed by atoms with van der Waals surface area (Å²) in [6.45, 7) is -1.16. The minimum Gasteiger partial charge on any atom is -0.437 e. The average Bonchev–Trinajstić information content (AvgIpc) is 3.23. The summed E-state index contributed by atoms with van der Waals surface area (Å²) in [6, 6.07) is 0. The van der Waals surface area contributed by atoms with Crippen LogP contribution in [0, 0.1) is 23.7 Å². The molecule has 10 unspecified atom stereocenters. The van der Waals surface area contributed by atoms with Gasteiger partial charge in [-0.3, -0.25) is 0 Å². The van der Waals surface area contributed by atoms with E-state index in [1.807, 2.05) is 0 Å². The summed E-state index contributed by atoms with van der Waals surface area (Å²) in [4.78, 5) is 3.96. The van der Waals surface area contributed by atoms with Gasteiger partial charge in [0, 0.05) is 0 Å².